The molecule has 1 N–H and O–H groups in total. The predicted molar refractivity (Wildman–Crippen MR) is 146 cm³/mol. The summed E-state index contributed by atoms with van der Waals surface area (Å²) in [6.07, 6.45) is -2.93. The van der Waals surface area contributed by atoms with Gasteiger partial charge in [0.25, 0.3) is 5.79 Å². The van der Waals surface area contributed by atoms with Gasteiger partial charge >= 0.3 is 5.97 Å². The van der Waals surface area contributed by atoms with Gasteiger partial charge in [-0.15, -0.1) is 0 Å². The summed E-state index contributed by atoms with van der Waals surface area (Å²) in [6.45, 7) is 4.36. The summed E-state index contributed by atoms with van der Waals surface area (Å²) < 4.78 is 36.4. The molecule has 2 fully saturated rings. The molecule has 0 saturated carbocycles. The molecule has 2 heterocycles. The van der Waals surface area contributed by atoms with E-state index in [1.165, 1.54) is 0 Å². The van der Waals surface area contributed by atoms with E-state index in [1.807, 2.05) is 91.0 Å². The fourth-order valence-corrected chi connectivity index (χ4v) is 5.05. The topological polar surface area (TPSA) is 92.7 Å². The zero-order valence-corrected chi connectivity index (χ0v) is 22.8. The number of aliphatic hydroxyl groups is 1. The molecule has 5 rings (SSSR count). The zero-order chi connectivity index (χ0) is 28.0. The minimum Gasteiger partial charge on any atom is -0.457 e. The monoisotopic (exact) mass is 548 g/mol. The third kappa shape index (κ3) is 7.14. The molecular weight excluding hydrogens is 512 g/mol. The second-order valence-corrected chi connectivity index (χ2v) is 10.6. The molecular formula is C32H36O8. The van der Waals surface area contributed by atoms with E-state index < -0.39 is 42.0 Å². The van der Waals surface area contributed by atoms with Crippen molar-refractivity contribution in [2.75, 3.05) is 6.61 Å². The number of carbonyl (C=O) groups is 1. The SMILES string of the molecule is CC1(C)O[C@H]2[C@@H]([C@@H](COCc3ccccc3)OCc3ccccc3)O[C@@](O)(C(=O)OCc3ccccc3)C[C@H]2O1. The first kappa shape index (κ1) is 28.4. The number of ether oxygens (including phenoxy) is 6. The number of hydrogen-bond acceptors (Lipinski definition) is 8. The van der Waals surface area contributed by atoms with Crippen LogP contribution in [0.2, 0.25) is 0 Å². The molecule has 40 heavy (non-hydrogen) atoms. The van der Waals surface area contributed by atoms with Crippen molar-refractivity contribution < 1.29 is 38.3 Å². The Kier molecular flexibility index (Phi) is 8.95. The van der Waals surface area contributed by atoms with E-state index in [-0.39, 0.29) is 26.2 Å². The van der Waals surface area contributed by atoms with Gasteiger partial charge in [-0.2, -0.15) is 0 Å². The molecule has 8 heteroatoms. The lowest BCUT2D eigenvalue weighted by molar-refractivity contribution is -0.303. The van der Waals surface area contributed by atoms with Gasteiger partial charge in [0.1, 0.15) is 24.9 Å². The molecule has 0 unspecified atom stereocenters. The summed E-state index contributed by atoms with van der Waals surface area (Å²) >= 11 is 0. The average Bonchev–Trinajstić information content (AvgIpc) is 3.28. The van der Waals surface area contributed by atoms with Gasteiger partial charge in [0.15, 0.2) is 5.79 Å². The number of rotatable bonds is 11. The van der Waals surface area contributed by atoms with Crippen molar-refractivity contribution in [1.29, 1.82) is 0 Å². The molecule has 2 aliphatic rings. The van der Waals surface area contributed by atoms with Crippen LogP contribution in [-0.2, 0) is 53.0 Å². The number of benzene rings is 3. The number of esters is 1. The maximum atomic E-state index is 13.2. The van der Waals surface area contributed by atoms with E-state index in [0.29, 0.717) is 6.61 Å². The van der Waals surface area contributed by atoms with Crippen molar-refractivity contribution in [3.63, 3.8) is 0 Å². The summed E-state index contributed by atoms with van der Waals surface area (Å²) in [5.41, 5.74) is 2.77. The van der Waals surface area contributed by atoms with Gasteiger partial charge in [-0.05, 0) is 30.5 Å². The van der Waals surface area contributed by atoms with Gasteiger partial charge in [0, 0.05) is 6.42 Å². The van der Waals surface area contributed by atoms with Crippen molar-refractivity contribution in [1.82, 2.24) is 0 Å². The fourth-order valence-electron chi connectivity index (χ4n) is 5.05. The van der Waals surface area contributed by atoms with Crippen LogP contribution >= 0.6 is 0 Å². The number of carbonyl (C=O) groups excluding carboxylic acids is 1. The van der Waals surface area contributed by atoms with Crippen LogP contribution in [0, 0.1) is 0 Å². The Morgan fingerprint density at radius 3 is 1.98 bits per heavy atom. The highest BCUT2D eigenvalue weighted by Gasteiger charge is 2.59. The molecule has 0 aromatic heterocycles. The van der Waals surface area contributed by atoms with E-state index in [9.17, 15) is 9.90 Å². The van der Waals surface area contributed by atoms with Crippen LogP contribution in [0.1, 0.15) is 37.0 Å². The Balaban J connectivity index is 1.35. The molecule has 3 aromatic carbocycles. The Hall–Kier alpha value is -3.11. The van der Waals surface area contributed by atoms with Gasteiger partial charge in [0.05, 0.1) is 25.9 Å². The van der Waals surface area contributed by atoms with Crippen LogP contribution < -0.4 is 0 Å². The molecule has 0 amide bonds. The second-order valence-electron chi connectivity index (χ2n) is 10.6. The molecule has 0 spiro atoms. The summed E-state index contributed by atoms with van der Waals surface area (Å²) in [4.78, 5) is 13.2. The third-order valence-electron chi connectivity index (χ3n) is 6.95. The van der Waals surface area contributed by atoms with E-state index in [0.717, 1.165) is 16.7 Å². The van der Waals surface area contributed by atoms with Gasteiger partial charge in [0.2, 0.25) is 0 Å². The Morgan fingerprint density at radius 2 is 1.38 bits per heavy atom. The quantitative estimate of drug-likeness (QED) is 0.350. The molecule has 2 saturated heterocycles. The van der Waals surface area contributed by atoms with Crippen molar-refractivity contribution in [2.24, 2.45) is 0 Å². The van der Waals surface area contributed by atoms with Crippen molar-refractivity contribution in [3.8, 4) is 0 Å². The molecule has 2 aliphatic heterocycles. The Morgan fingerprint density at radius 1 is 0.825 bits per heavy atom. The normalized spacial score (nSPS) is 26.1. The first-order valence-corrected chi connectivity index (χ1v) is 13.6. The van der Waals surface area contributed by atoms with Crippen molar-refractivity contribution in [2.45, 2.75) is 76.1 Å². The van der Waals surface area contributed by atoms with E-state index >= 15 is 0 Å². The van der Waals surface area contributed by atoms with Crippen LogP contribution in [0.15, 0.2) is 91.0 Å². The smallest absolute Gasteiger partial charge is 0.367 e. The van der Waals surface area contributed by atoms with Crippen LogP contribution in [0.25, 0.3) is 0 Å². The van der Waals surface area contributed by atoms with E-state index in [4.69, 9.17) is 28.4 Å². The second kappa shape index (κ2) is 12.6. The Labute approximate surface area is 234 Å². The summed E-state index contributed by atoms with van der Waals surface area (Å²) in [5, 5.41) is 11.5. The van der Waals surface area contributed by atoms with Gasteiger partial charge in [-0.3, -0.25) is 0 Å². The molecule has 212 valence electrons. The van der Waals surface area contributed by atoms with Gasteiger partial charge < -0.3 is 33.5 Å². The third-order valence-corrected chi connectivity index (χ3v) is 6.95. The van der Waals surface area contributed by atoms with Crippen LogP contribution in [0.4, 0.5) is 0 Å². The largest absolute Gasteiger partial charge is 0.457 e. The molecule has 3 aromatic rings. The fraction of sp³-hybridized carbons (Fsp3) is 0.406. The summed E-state index contributed by atoms with van der Waals surface area (Å²) in [7, 11) is 0. The maximum Gasteiger partial charge on any atom is 0.367 e. The first-order valence-electron chi connectivity index (χ1n) is 13.6. The number of hydrogen-bond donors (Lipinski definition) is 1. The van der Waals surface area contributed by atoms with Gasteiger partial charge in [-0.1, -0.05) is 91.0 Å². The predicted octanol–water partition coefficient (Wildman–Crippen LogP) is 4.53. The van der Waals surface area contributed by atoms with Crippen LogP contribution in [0.5, 0.6) is 0 Å². The highest BCUT2D eigenvalue weighted by Crippen LogP contribution is 2.42. The molecule has 0 radical (unpaired) electrons. The highest BCUT2D eigenvalue weighted by atomic mass is 16.8. The summed E-state index contributed by atoms with van der Waals surface area (Å²) in [6, 6.07) is 28.8. The molecule has 8 nitrogen and oxygen atoms in total. The zero-order valence-electron chi connectivity index (χ0n) is 22.8. The van der Waals surface area contributed by atoms with Crippen LogP contribution in [0.3, 0.4) is 0 Å². The first-order chi connectivity index (χ1) is 19.3. The van der Waals surface area contributed by atoms with E-state index in [1.54, 1.807) is 13.8 Å². The van der Waals surface area contributed by atoms with Gasteiger partial charge in [-0.25, -0.2) is 4.79 Å². The maximum absolute atomic E-state index is 13.2. The minimum atomic E-state index is -2.25. The minimum absolute atomic E-state index is 0.00107. The molecule has 0 bridgehead atoms. The Bertz CT molecular complexity index is 1220. The molecule has 5 atom stereocenters. The lowest BCUT2D eigenvalue weighted by Gasteiger charge is -2.43. The number of fused-ring (bicyclic) bond motifs is 1. The molecule has 0 aliphatic carbocycles. The standard InChI is InChI=1S/C32H36O8/c1-31(2)38-26-18-32(34,30(33)37-21-25-16-10-5-11-17-25)40-29(28(26)39-31)27(36-20-24-14-8-4-9-15-24)22-35-19-23-12-6-3-7-13-23/h3-17,26-29,34H,18-22H2,1-2H3/t26-,27-,28-,29-,32-/m1/s1. The average molecular weight is 549 g/mol. The summed E-state index contributed by atoms with van der Waals surface area (Å²) in [5.74, 6) is -4.08. The highest BCUT2D eigenvalue weighted by molar-refractivity contribution is 5.77. The van der Waals surface area contributed by atoms with E-state index in [2.05, 4.69) is 0 Å². The van der Waals surface area contributed by atoms with Crippen LogP contribution in [-0.4, -0.2) is 53.7 Å². The van der Waals surface area contributed by atoms with Crippen molar-refractivity contribution >= 4 is 5.97 Å². The van der Waals surface area contributed by atoms with Crippen molar-refractivity contribution in [3.05, 3.63) is 108 Å². The lowest BCUT2D eigenvalue weighted by atomic mass is 9.92. The lowest BCUT2D eigenvalue weighted by Crippen LogP contribution is -2.61.